The Morgan fingerprint density at radius 2 is 2.08 bits per heavy atom. The van der Waals surface area contributed by atoms with Gasteiger partial charge in [0.25, 0.3) is 0 Å². The highest BCUT2D eigenvalue weighted by Crippen LogP contribution is 1.97. The summed E-state index contributed by atoms with van der Waals surface area (Å²) in [4.78, 5) is 21.5. The van der Waals surface area contributed by atoms with Crippen LogP contribution in [0.15, 0.2) is 24.5 Å². The summed E-state index contributed by atoms with van der Waals surface area (Å²) in [6.07, 6.45) is 2.05. The SMILES string of the molecule is C=CC(=O)O/C=C(\C)C(=O)OCC. The quantitative estimate of drug-likeness (QED) is 0.374. The molecule has 0 heterocycles. The average molecular weight is 184 g/mol. The second-order valence-corrected chi connectivity index (χ2v) is 2.16. The summed E-state index contributed by atoms with van der Waals surface area (Å²) in [5.74, 6) is -1.11. The summed E-state index contributed by atoms with van der Waals surface area (Å²) in [7, 11) is 0. The molecule has 0 rings (SSSR count). The van der Waals surface area contributed by atoms with Crippen molar-refractivity contribution in [1.29, 1.82) is 0 Å². The maximum Gasteiger partial charge on any atom is 0.336 e. The van der Waals surface area contributed by atoms with E-state index < -0.39 is 11.9 Å². The summed E-state index contributed by atoms with van der Waals surface area (Å²) in [6, 6.07) is 0. The van der Waals surface area contributed by atoms with Crippen LogP contribution in [0, 0.1) is 0 Å². The average Bonchev–Trinajstić information content (AvgIpc) is 2.13. The molecule has 0 saturated heterocycles. The highest BCUT2D eigenvalue weighted by molar-refractivity contribution is 5.88. The van der Waals surface area contributed by atoms with E-state index in [9.17, 15) is 9.59 Å². The van der Waals surface area contributed by atoms with Crippen molar-refractivity contribution in [3.8, 4) is 0 Å². The Labute approximate surface area is 76.8 Å². The number of carbonyl (C=O) groups is 2. The van der Waals surface area contributed by atoms with Crippen molar-refractivity contribution in [2.45, 2.75) is 13.8 Å². The fraction of sp³-hybridized carbons (Fsp3) is 0.333. The maximum absolute atomic E-state index is 10.9. The van der Waals surface area contributed by atoms with Gasteiger partial charge in [0, 0.05) is 6.08 Å². The van der Waals surface area contributed by atoms with Gasteiger partial charge < -0.3 is 9.47 Å². The Morgan fingerprint density at radius 3 is 2.54 bits per heavy atom. The number of ether oxygens (including phenoxy) is 2. The lowest BCUT2D eigenvalue weighted by Gasteiger charge is -2.00. The molecule has 0 bridgehead atoms. The predicted octanol–water partition coefficient (Wildman–Crippen LogP) is 1.18. The number of rotatable bonds is 4. The van der Waals surface area contributed by atoms with E-state index in [1.54, 1.807) is 6.92 Å². The van der Waals surface area contributed by atoms with Gasteiger partial charge >= 0.3 is 11.9 Å². The molecule has 0 aliphatic heterocycles. The second kappa shape index (κ2) is 5.99. The third-order valence-electron chi connectivity index (χ3n) is 1.12. The zero-order valence-corrected chi connectivity index (χ0v) is 7.70. The van der Waals surface area contributed by atoms with Crippen LogP contribution in [0.4, 0.5) is 0 Å². The van der Waals surface area contributed by atoms with Crippen molar-refractivity contribution in [3.05, 3.63) is 24.5 Å². The van der Waals surface area contributed by atoms with Crippen LogP contribution in [0.25, 0.3) is 0 Å². The van der Waals surface area contributed by atoms with Crippen LogP contribution in [0.3, 0.4) is 0 Å². The van der Waals surface area contributed by atoms with Crippen LogP contribution in [-0.4, -0.2) is 18.5 Å². The molecule has 0 spiro atoms. The standard InChI is InChI=1S/C9H12O4/c1-4-8(10)13-6-7(3)9(11)12-5-2/h4,6H,1,5H2,2-3H3/b7-6+. The van der Waals surface area contributed by atoms with Crippen LogP contribution in [0.5, 0.6) is 0 Å². The molecule has 0 aliphatic carbocycles. The molecule has 0 N–H and O–H groups in total. The lowest BCUT2D eigenvalue weighted by Crippen LogP contribution is -2.06. The van der Waals surface area contributed by atoms with E-state index in [1.807, 2.05) is 0 Å². The predicted molar refractivity (Wildman–Crippen MR) is 46.7 cm³/mol. The molecule has 0 aromatic heterocycles. The highest BCUT2D eigenvalue weighted by atomic mass is 16.5. The third kappa shape index (κ3) is 4.79. The first kappa shape index (κ1) is 11.4. The topological polar surface area (TPSA) is 52.6 Å². The van der Waals surface area contributed by atoms with E-state index in [1.165, 1.54) is 6.92 Å². The molecule has 0 unspecified atom stereocenters. The van der Waals surface area contributed by atoms with E-state index in [2.05, 4.69) is 16.1 Å². The summed E-state index contributed by atoms with van der Waals surface area (Å²) >= 11 is 0. The summed E-state index contributed by atoms with van der Waals surface area (Å²) < 4.78 is 9.15. The van der Waals surface area contributed by atoms with Gasteiger partial charge in [-0.3, -0.25) is 0 Å². The molecule has 0 saturated carbocycles. The molecule has 0 amide bonds. The maximum atomic E-state index is 10.9. The fourth-order valence-electron chi connectivity index (χ4n) is 0.488. The largest absolute Gasteiger partial charge is 0.463 e. The van der Waals surface area contributed by atoms with Crippen LogP contribution < -0.4 is 0 Å². The molecule has 0 radical (unpaired) electrons. The third-order valence-corrected chi connectivity index (χ3v) is 1.12. The molecular formula is C9H12O4. The van der Waals surface area contributed by atoms with Crippen LogP contribution in [0.1, 0.15) is 13.8 Å². The molecule has 72 valence electrons. The van der Waals surface area contributed by atoms with Gasteiger partial charge in [0.15, 0.2) is 0 Å². The summed E-state index contributed by atoms with van der Waals surface area (Å²) in [6.45, 7) is 6.68. The first-order valence-corrected chi connectivity index (χ1v) is 3.78. The van der Waals surface area contributed by atoms with E-state index in [-0.39, 0.29) is 5.57 Å². The Balaban J connectivity index is 4.08. The molecular weight excluding hydrogens is 172 g/mol. The van der Waals surface area contributed by atoms with Crippen LogP contribution in [0.2, 0.25) is 0 Å². The van der Waals surface area contributed by atoms with Crippen molar-refractivity contribution in [2.75, 3.05) is 6.61 Å². The number of hydrogen-bond donors (Lipinski definition) is 0. The zero-order chi connectivity index (χ0) is 10.3. The Morgan fingerprint density at radius 1 is 1.46 bits per heavy atom. The van der Waals surface area contributed by atoms with Gasteiger partial charge in [-0.05, 0) is 13.8 Å². The number of carbonyl (C=O) groups excluding carboxylic acids is 2. The second-order valence-electron chi connectivity index (χ2n) is 2.16. The fourth-order valence-corrected chi connectivity index (χ4v) is 0.488. The number of esters is 2. The van der Waals surface area contributed by atoms with Gasteiger partial charge in [0.1, 0.15) is 6.26 Å². The minimum Gasteiger partial charge on any atom is -0.463 e. The Hall–Kier alpha value is -1.58. The Bertz CT molecular complexity index is 240. The molecule has 0 fully saturated rings. The van der Waals surface area contributed by atoms with Crippen molar-refractivity contribution < 1.29 is 19.1 Å². The number of hydrogen-bond acceptors (Lipinski definition) is 4. The van der Waals surface area contributed by atoms with Crippen LogP contribution >= 0.6 is 0 Å². The lowest BCUT2D eigenvalue weighted by atomic mass is 10.3. The molecule has 0 aliphatic rings. The first-order valence-electron chi connectivity index (χ1n) is 3.78. The molecule has 0 aromatic rings. The first-order chi connectivity index (χ1) is 6.11. The van der Waals surface area contributed by atoms with Crippen molar-refractivity contribution >= 4 is 11.9 Å². The van der Waals surface area contributed by atoms with Gasteiger partial charge in [-0.15, -0.1) is 0 Å². The monoisotopic (exact) mass is 184 g/mol. The van der Waals surface area contributed by atoms with Crippen molar-refractivity contribution in [1.82, 2.24) is 0 Å². The van der Waals surface area contributed by atoms with Gasteiger partial charge in [0.05, 0.1) is 12.2 Å². The molecule has 0 aromatic carbocycles. The molecule has 13 heavy (non-hydrogen) atoms. The molecule has 4 heteroatoms. The van der Waals surface area contributed by atoms with Gasteiger partial charge in [-0.25, -0.2) is 9.59 Å². The van der Waals surface area contributed by atoms with Gasteiger partial charge in [-0.1, -0.05) is 6.58 Å². The van der Waals surface area contributed by atoms with E-state index in [0.717, 1.165) is 12.3 Å². The highest BCUT2D eigenvalue weighted by Gasteiger charge is 2.04. The minimum absolute atomic E-state index is 0.233. The Kier molecular flexibility index (Phi) is 5.27. The van der Waals surface area contributed by atoms with Crippen molar-refractivity contribution in [2.24, 2.45) is 0 Å². The normalized spacial score (nSPS) is 10.5. The van der Waals surface area contributed by atoms with Crippen LogP contribution in [-0.2, 0) is 19.1 Å². The molecule has 0 atom stereocenters. The van der Waals surface area contributed by atoms with Gasteiger partial charge in [-0.2, -0.15) is 0 Å². The molecule has 4 nitrogen and oxygen atoms in total. The smallest absolute Gasteiger partial charge is 0.336 e. The van der Waals surface area contributed by atoms with Crippen molar-refractivity contribution in [3.63, 3.8) is 0 Å². The lowest BCUT2D eigenvalue weighted by molar-refractivity contribution is -0.138. The van der Waals surface area contributed by atoms with E-state index in [0.29, 0.717) is 6.61 Å². The zero-order valence-electron chi connectivity index (χ0n) is 7.70. The minimum atomic E-state index is -0.608. The van der Waals surface area contributed by atoms with E-state index >= 15 is 0 Å². The summed E-state index contributed by atoms with van der Waals surface area (Å²) in [5.41, 5.74) is 0.233. The summed E-state index contributed by atoms with van der Waals surface area (Å²) in [5, 5.41) is 0. The van der Waals surface area contributed by atoms with Gasteiger partial charge in [0.2, 0.25) is 0 Å². The van der Waals surface area contributed by atoms with E-state index in [4.69, 9.17) is 0 Å².